The zero-order valence-electron chi connectivity index (χ0n) is 38.5. The second-order valence-corrected chi connectivity index (χ2v) is 18.8. The number of likely N-dealkylation sites (N-methyl/N-ethyl adjacent to an activating group) is 2. The van der Waals surface area contributed by atoms with Gasteiger partial charge < -0.3 is 31.1 Å². The minimum atomic E-state index is -1.43. The molecule has 13 aliphatic heterocycles. The lowest BCUT2D eigenvalue weighted by Crippen LogP contribution is -2.68. The molecule has 0 atom stereocenters. The van der Waals surface area contributed by atoms with E-state index in [1.807, 2.05) is 13.8 Å². The van der Waals surface area contributed by atoms with Crippen LogP contribution >= 0.6 is 0 Å². The van der Waals surface area contributed by atoms with Gasteiger partial charge in [0, 0.05) is 32.7 Å². The molecule has 16 amide bonds. The molecule has 0 aliphatic carbocycles. The largest absolute Gasteiger partial charge is 0.462 e. The van der Waals surface area contributed by atoms with Crippen molar-refractivity contribution in [3.8, 4) is 0 Å². The number of nitrogens with zero attached hydrogens (tertiary/aromatic N) is 16. The van der Waals surface area contributed by atoms with E-state index in [1.165, 1.54) is 49.0 Å². The van der Waals surface area contributed by atoms with Gasteiger partial charge in [-0.05, 0) is 13.8 Å². The first-order valence-corrected chi connectivity index (χ1v) is 23.3. The van der Waals surface area contributed by atoms with E-state index in [4.69, 9.17) is 0 Å². The van der Waals surface area contributed by atoms with Crippen LogP contribution in [0.5, 0.6) is 0 Å². The Morgan fingerprint density at radius 3 is 1.06 bits per heavy atom. The molecule has 72 heavy (non-hydrogen) atoms. The zero-order chi connectivity index (χ0) is 50.3. The number of rotatable bonds is 4. The summed E-state index contributed by atoms with van der Waals surface area (Å²) in [6.07, 6.45) is -10.0. The van der Waals surface area contributed by atoms with Gasteiger partial charge in [0.25, 0.3) is 26.7 Å². The number of hydrogen-bond acceptors (Lipinski definition) is 18. The fourth-order valence-electron chi connectivity index (χ4n) is 12.0. The van der Waals surface area contributed by atoms with Crippen molar-refractivity contribution in [1.82, 2.24) is 112 Å². The predicted octanol–water partition coefficient (Wildman–Crippen LogP) is -7.81. The lowest BCUT2D eigenvalue weighted by molar-refractivity contribution is -0.815. The number of hydrazine groups is 1. The van der Waals surface area contributed by atoms with Gasteiger partial charge in [-0.25, -0.2) is 68.8 Å². The van der Waals surface area contributed by atoms with E-state index in [-0.39, 0.29) is 52.1 Å². The first kappa shape index (κ1) is 45.5. The number of nitrogens with one attached hydrogen (secondary N) is 10. The highest BCUT2D eigenvalue weighted by Crippen LogP contribution is 2.38. The summed E-state index contributed by atoms with van der Waals surface area (Å²) in [7, 11) is 0. The Morgan fingerprint density at radius 2 is 0.667 bits per heavy atom. The molecule has 38 nitrogen and oxygen atoms in total. The van der Waals surface area contributed by atoms with Gasteiger partial charge in [-0.2, -0.15) is 0 Å². The van der Waals surface area contributed by atoms with Crippen LogP contribution in [0.1, 0.15) is 13.8 Å². The fourth-order valence-corrected chi connectivity index (χ4v) is 12.0. The lowest BCUT2D eigenvalue weighted by atomic mass is 10.3. The summed E-state index contributed by atoms with van der Waals surface area (Å²) in [5, 5.41) is 22.6. The van der Waals surface area contributed by atoms with Gasteiger partial charge in [0.05, 0.1) is 59.1 Å². The zero-order valence-corrected chi connectivity index (χ0v) is 38.5. The highest BCUT2D eigenvalue weighted by atomic mass is 16.3. The van der Waals surface area contributed by atoms with Gasteiger partial charge in [0.15, 0.2) is 30.8 Å². The Kier molecular flexibility index (Phi) is 10.4. The van der Waals surface area contributed by atoms with Crippen molar-refractivity contribution in [1.29, 1.82) is 0 Å². The number of amides is 16. The van der Waals surface area contributed by atoms with Crippen molar-refractivity contribution in [3.05, 3.63) is 19.6 Å². The fraction of sp³-hybridized carbons (Fsp3) is 0.765. The number of carbonyl (C=O) groups is 8. The Labute approximate surface area is 404 Å². The van der Waals surface area contributed by atoms with Crippen molar-refractivity contribution in [2.45, 2.75) is 87.8 Å². The number of urea groups is 8. The maximum atomic E-state index is 13.6. The van der Waals surface area contributed by atoms with E-state index in [9.17, 15) is 58.0 Å². The molecular formula is C34H52N26O12+4. The highest BCUT2D eigenvalue weighted by molar-refractivity contribution is 5.87. The molecule has 38 heteroatoms. The van der Waals surface area contributed by atoms with Gasteiger partial charge in [0.1, 0.15) is 18.5 Å². The average Bonchev–Trinajstić information content (AvgIpc) is 4.14. The molecule has 10 N–H and O–H groups in total. The van der Waals surface area contributed by atoms with E-state index in [1.54, 1.807) is 9.80 Å². The van der Waals surface area contributed by atoms with Crippen LogP contribution < -0.4 is 53.4 Å². The molecular weight excluding hydrogens is 965 g/mol. The first-order valence-electron chi connectivity index (χ1n) is 23.3. The molecule has 13 fully saturated rings. The van der Waals surface area contributed by atoms with E-state index >= 15 is 0 Å². The Balaban J connectivity index is 0.000000151. The molecule has 0 aromatic heterocycles. The molecule has 0 aromatic carbocycles. The third kappa shape index (κ3) is 6.40. The van der Waals surface area contributed by atoms with Crippen molar-refractivity contribution in [2.24, 2.45) is 0 Å². The average molecular weight is 1020 g/mol. The lowest BCUT2D eigenvalue weighted by Gasteiger charge is -2.35. The number of nitroso groups, excluding NO2 is 4. The normalized spacial score (nSPS) is 37.0. The molecule has 0 saturated carbocycles. The van der Waals surface area contributed by atoms with Gasteiger partial charge in [-0.1, -0.05) is 0 Å². The molecule has 386 valence electrons. The van der Waals surface area contributed by atoms with Crippen LogP contribution in [0.3, 0.4) is 0 Å². The molecule has 0 spiro atoms. The number of carbonyl (C=O) groups excluding carboxylic acids is 8. The van der Waals surface area contributed by atoms with Gasteiger partial charge in [-0.15, -0.1) is 0 Å². The van der Waals surface area contributed by atoms with Crippen LogP contribution in [0.2, 0.25) is 0 Å². The molecule has 13 rings (SSSR count). The Hall–Kier alpha value is -7.68. The third-order valence-electron chi connectivity index (χ3n) is 15.3. The van der Waals surface area contributed by atoms with E-state index in [0.717, 1.165) is 0 Å². The number of hydrogen-bond donors (Lipinski definition) is 10. The van der Waals surface area contributed by atoms with Gasteiger partial charge in [-0.3, -0.25) is 50.7 Å². The minimum Gasteiger partial charge on any atom is -0.314 e. The first-order chi connectivity index (χ1) is 34.6. The second kappa shape index (κ2) is 16.4. The highest BCUT2D eigenvalue weighted by Gasteiger charge is 2.67. The monoisotopic (exact) mass is 1020 g/mol. The minimum absolute atomic E-state index is 0.0391. The van der Waals surface area contributed by atoms with Gasteiger partial charge in [0.2, 0.25) is 12.3 Å². The maximum Gasteiger partial charge on any atom is 0.462 e. The molecule has 13 saturated heterocycles. The Bertz CT molecular complexity index is 2350. The summed E-state index contributed by atoms with van der Waals surface area (Å²) in [6, 6.07) is -3.31. The van der Waals surface area contributed by atoms with Gasteiger partial charge >= 0.3 is 60.6 Å². The maximum absolute atomic E-state index is 13.6. The smallest absolute Gasteiger partial charge is 0.314 e. The summed E-state index contributed by atoms with van der Waals surface area (Å²) < 4.78 is 1.90. The van der Waals surface area contributed by atoms with E-state index in [2.05, 4.69) is 53.4 Å². The summed E-state index contributed by atoms with van der Waals surface area (Å²) >= 11 is 0. The summed E-state index contributed by atoms with van der Waals surface area (Å²) in [5.74, 6) is 0. The Morgan fingerprint density at radius 1 is 0.361 bits per heavy atom. The molecule has 0 unspecified atom stereocenters. The topological polar surface area (TPSA) is 376 Å². The van der Waals surface area contributed by atoms with Crippen LogP contribution in [-0.2, 0) is 0 Å². The summed E-state index contributed by atoms with van der Waals surface area (Å²) in [6.45, 7) is 2.66. The van der Waals surface area contributed by atoms with Crippen LogP contribution in [0, 0.1) is 19.6 Å². The van der Waals surface area contributed by atoms with Crippen LogP contribution in [-0.4, -0.2) is 280 Å². The molecule has 13 heterocycles. The third-order valence-corrected chi connectivity index (χ3v) is 15.3. The molecule has 13 aliphatic rings. The standard InChI is InChI=1S/C20H32N14O6.C14H18N12O6/c1-3-25-13-14-27(17(25)35)5-21-11(22-6-28(14)18(36)26(13)4-2)12-33(39)9-31-16-15-29(19(31)37)7-23-24-8-30(15)20(38)32(16)10-34(12)40;27-11-17-6-8-21(11)1-15-5(16-2-22(8)12(28)18-6)10-25(31)3-23-9-7(19-13(23)29)20-14(30)24(9)4-26(10)32/h11-16,21-24H,3-10H2,1-2H3;5-10,15-16H,1-4H2,(H2-2,17,18,19,20,27,28,29,30)/q+2;/p+2. The van der Waals surface area contributed by atoms with Crippen LogP contribution in [0.15, 0.2) is 0 Å². The quantitative estimate of drug-likeness (QED) is 0.117. The van der Waals surface area contributed by atoms with E-state index in [0.29, 0.717) is 32.1 Å². The van der Waals surface area contributed by atoms with Crippen molar-refractivity contribution in [3.63, 3.8) is 0 Å². The van der Waals surface area contributed by atoms with Crippen LogP contribution in [0.4, 0.5) is 38.4 Å². The van der Waals surface area contributed by atoms with Crippen LogP contribution in [0.25, 0.3) is 0 Å². The molecule has 0 aromatic rings. The molecule has 0 bridgehead atoms. The van der Waals surface area contributed by atoms with E-state index < -0.39 is 137 Å². The van der Waals surface area contributed by atoms with Crippen molar-refractivity contribution >= 4 is 48.2 Å². The SMILES string of the molecule is CCN1C(=O)N2CNC(C3[N+](=O)CN4C(=O)N5CNNCN6C(=O)N(C[N+]3=O)C4C56)NCN3C(=O)N(CC)C1C23.O=C1NC2NC(=O)N3CNC(C4[N+](=O)CN5C(=O)NC6NC(=O)N(C[N+]4=O)C65)NCN1C23. The van der Waals surface area contributed by atoms with Crippen molar-refractivity contribution in [2.75, 3.05) is 79.8 Å². The predicted molar refractivity (Wildman–Crippen MR) is 226 cm³/mol. The van der Waals surface area contributed by atoms with Crippen molar-refractivity contribution < 1.29 is 57.4 Å². The summed E-state index contributed by atoms with van der Waals surface area (Å²) in [4.78, 5) is 173. The second-order valence-electron chi connectivity index (χ2n) is 18.8. The molecule has 0 radical (unpaired) electrons. The summed E-state index contributed by atoms with van der Waals surface area (Å²) in [5.41, 5.74) is 5.75.